The Bertz CT molecular complexity index is 167. The Morgan fingerprint density at radius 3 is 1.87 bits per heavy atom. The Morgan fingerprint density at radius 2 is 1.67 bits per heavy atom. The van der Waals surface area contributed by atoms with Crippen LogP contribution in [0.5, 0.6) is 0 Å². The standard InChI is InChI=1S/C4H8N2O4.C3H8.CH3.Pb/c5-1-3(7)6(10)2-4(8)9;1-3-2;;/h10H,1-2,5H2,(H,8,9);3H2,1-2H3;1H3;. The van der Waals surface area contributed by atoms with Gasteiger partial charge in [-0.05, 0) is 0 Å². The summed E-state index contributed by atoms with van der Waals surface area (Å²) in [6.45, 7) is 3.11. The molecule has 0 spiro atoms. The number of nitrogens with two attached hydrogens (primary N) is 1. The predicted molar refractivity (Wildman–Crippen MR) is 57.8 cm³/mol. The number of carboxylic acid groups (broad SMARTS) is 1. The van der Waals surface area contributed by atoms with E-state index in [0.717, 1.165) is 0 Å². The molecule has 89 valence electrons. The molecule has 7 heteroatoms. The third kappa shape index (κ3) is 20.0. The summed E-state index contributed by atoms with van der Waals surface area (Å²) in [4.78, 5) is 20.2. The summed E-state index contributed by atoms with van der Waals surface area (Å²) in [7, 11) is 0. The van der Waals surface area contributed by atoms with Crippen molar-refractivity contribution >= 4 is 37.6 Å². The molecule has 0 aromatic heterocycles. The van der Waals surface area contributed by atoms with Crippen LogP contribution in [0.3, 0.4) is 0 Å². The van der Waals surface area contributed by atoms with Crippen molar-refractivity contribution in [3.63, 3.8) is 0 Å². The van der Waals surface area contributed by atoms with Crippen molar-refractivity contribution in [3.05, 3.63) is 0 Å². The van der Waals surface area contributed by atoms with Crippen LogP contribution in [0.1, 0.15) is 20.3 Å². The van der Waals surface area contributed by atoms with Crippen LogP contribution >= 0.6 is 0 Å². The number of nitrogens with zero attached hydrogens (tertiary/aromatic N) is 1. The van der Waals surface area contributed by atoms with Crippen molar-refractivity contribution in [1.82, 2.24) is 5.06 Å². The number of aliphatic carboxylic acids is 1. The van der Waals surface area contributed by atoms with Crippen LogP contribution in [0.25, 0.3) is 0 Å². The van der Waals surface area contributed by atoms with Gasteiger partial charge in [-0.25, -0.2) is 5.06 Å². The predicted octanol–water partition coefficient (Wildman–Crippen LogP) is -0.133. The third-order valence-electron chi connectivity index (χ3n) is 0.748. The first-order chi connectivity index (χ1) is 6.99. The topological polar surface area (TPSA) is 104 Å². The molecule has 0 aliphatic rings. The number of carboxylic acids is 1. The van der Waals surface area contributed by atoms with Crippen molar-refractivity contribution in [2.45, 2.75) is 24.8 Å². The quantitative estimate of drug-likeness (QED) is 0.339. The van der Waals surface area contributed by atoms with E-state index < -0.39 is 25.0 Å². The van der Waals surface area contributed by atoms with E-state index in [9.17, 15) is 9.59 Å². The number of hydrogen-bond donors (Lipinski definition) is 3. The van der Waals surface area contributed by atoms with Gasteiger partial charge in [-0.3, -0.25) is 14.8 Å². The summed E-state index contributed by atoms with van der Waals surface area (Å²) in [6.07, 6.45) is 1.25. The van der Waals surface area contributed by atoms with E-state index in [0.29, 0.717) is 0 Å². The molecule has 15 heavy (non-hydrogen) atoms. The molecule has 0 aromatic rings. The molecule has 0 rings (SSSR count). The fourth-order valence-electron chi connectivity index (χ4n) is 0.322. The molecule has 0 aromatic carbocycles. The van der Waals surface area contributed by atoms with Crippen LogP contribution in [0.15, 0.2) is 0 Å². The zero-order chi connectivity index (χ0) is 12.9. The molecule has 0 unspecified atom stereocenters. The summed E-state index contributed by atoms with van der Waals surface area (Å²) in [5.74, 6) is -2.10. The van der Waals surface area contributed by atoms with Gasteiger partial charge in [0.05, 0.1) is 6.54 Å². The molecule has 6 nitrogen and oxygen atoms in total. The van der Waals surface area contributed by atoms with E-state index in [2.05, 4.69) is 18.3 Å². The second kappa shape index (κ2) is 16.2. The first-order valence-electron chi connectivity index (χ1n) is 4.40. The van der Waals surface area contributed by atoms with Gasteiger partial charge in [-0.15, -0.1) is 0 Å². The molecular formula is C8H19N2O4Pb. The number of hydrogen-bond acceptors (Lipinski definition) is 4. The van der Waals surface area contributed by atoms with Gasteiger partial charge in [-0.1, -0.05) is 20.3 Å². The molecule has 0 saturated carbocycles. The summed E-state index contributed by atoms with van der Waals surface area (Å²) in [5.41, 5.74) is 4.80. The Labute approximate surface area is 106 Å². The van der Waals surface area contributed by atoms with Gasteiger partial charge >= 0.3 is 36.2 Å². The van der Waals surface area contributed by atoms with Crippen molar-refractivity contribution in [1.29, 1.82) is 0 Å². The van der Waals surface area contributed by atoms with Crippen molar-refractivity contribution in [2.24, 2.45) is 5.73 Å². The molecule has 0 atom stereocenters. The summed E-state index contributed by atoms with van der Waals surface area (Å²) < 4.78 is 2.14. The molecule has 0 heterocycles. The zero-order valence-electron chi connectivity index (χ0n) is 9.36. The fraction of sp³-hybridized carbons (Fsp3) is 0.750. The Hall–Kier alpha value is -0.218. The van der Waals surface area contributed by atoms with E-state index in [1.165, 1.54) is 32.2 Å². The number of hydroxylamine groups is 2. The second-order valence-electron chi connectivity index (χ2n) is 2.26. The van der Waals surface area contributed by atoms with Crippen LogP contribution in [-0.2, 0) is 9.59 Å². The number of carbonyl (C=O) groups is 2. The normalized spacial score (nSPS) is 7.60. The van der Waals surface area contributed by atoms with Crippen LogP contribution in [-0.4, -0.2) is 66.1 Å². The average Bonchev–Trinajstić information content (AvgIpc) is 2.20. The van der Waals surface area contributed by atoms with Crippen molar-refractivity contribution < 1.29 is 19.9 Å². The molecule has 0 saturated heterocycles. The number of rotatable bonds is 3. The van der Waals surface area contributed by atoms with Crippen molar-refractivity contribution in [3.8, 4) is 0 Å². The van der Waals surface area contributed by atoms with E-state index in [4.69, 9.17) is 16.0 Å². The number of amides is 1. The number of carbonyl (C=O) groups excluding carboxylic acids is 1. The van der Waals surface area contributed by atoms with Crippen LogP contribution in [0, 0.1) is 0 Å². The monoisotopic (exact) mass is 415 g/mol. The molecule has 0 fully saturated rings. The molecular weight excluding hydrogens is 395 g/mol. The van der Waals surface area contributed by atoms with Crippen LogP contribution in [0.4, 0.5) is 0 Å². The zero-order valence-corrected chi connectivity index (χ0v) is 13.2. The first-order valence-corrected chi connectivity index (χ1v) is 8.29. The maximum absolute atomic E-state index is 10.3. The fourth-order valence-corrected chi connectivity index (χ4v) is 0.322. The van der Waals surface area contributed by atoms with Gasteiger partial charge in [0.2, 0.25) is 0 Å². The van der Waals surface area contributed by atoms with Crippen LogP contribution < -0.4 is 5.73 Å². The van der Waals surface area contributed by atoms with Gasteiger partial charge in [-0.2, -0.15) is 0 Å². The van der Waals surface area contributed by atoms with E-state index in [1.54, 1.807) is 0 Å². The van der Waals surface area contributed by atoms with Crippen molar-refractivity contribution in [2.75, 3.05) is 13.1 Å². The van der Waals surface area contributed by atoms with E-state index in [1.807, 2.05) is 0 Å². The Morgan fingerprint density at radius 1 is 1.33 bits per heavy atom. The minimum absolute atomic E-state index is 0.0579. The average molecular weight is 414 g/mol. The SMILES string of the molecule is CCC.NCC(=O)N(O)CC(=O)O.[CH3][Pb]. The van der Waals surface area contributed by atoms with Gasteiger partial charge in [0, 0.05) is 0 Å². The van der Waals surface area contributed by atoms with Gasteiger partial charge in [0.15, 0.2) is 0 Å². The maximum atomic E-state index is 10.3. The minimum atomic E-state index is -1.29. The third-order valence-corrected chi connectivity index (χ3v) is 0.748. The summed E-state index contributed by atoms with van der Waals surface area (Å²) >= 11 is 1.31. The Kier molecular flexibility index (Phi) is 21.9. The second-order valence-corrected chi connectivity index (χ2v) is 2.26. The van der Waals surface area contributed by atoms with Gasteiger partial charge in [0.1, 0.15) is 6.54 Å². The summed E-state index contributed by atoms with van der Waals surface area (Å²) in [5, 5.41) is 16.6. The Balaban J connectivity index is -0.000000245. The first kappa shape index (κ1) is 20.2. The molecule has 1 amide bonds. The molecule has 0 bridgehead atoms. The summed E-state index contributed by atoms with van der Waals surface area (Å²) in [6, 6.07) is 0. The van der Waals surface area contributed by atoms with E-state index in [-0.39, 0.29) is 5.06 Å². The molecule has 4 N–H and O–H groups in total. The van der Waals surface area contributed by atoms with Gasteiger partial charge < -0.3 is 10.8 Å². The van der Waals surface area contributed by atoms with Crippen LogP contribution in [0.2, 0.25) is 4.48 Å². The van der Waals surface area contributed by atoms with E-state index >= 15 is 0 Å². The molecule has 0 aliphatic heterocycles. The molecule has 3 radical (unpaired) electrons. The van der Waals surface area contributed by atoms with Gasteiger partial charge in [0.25, 0.3) is 5.91 Å². The molecule has 0 aliphatic carbocycles.